The predicted octanol–water partition coefficient (Wildman–Crippen LogP) is 6.41. The van der Waals surface area contributed by atoms with Crippen molar-refractivity contribution in [2.75, 3.05) is 34.9 Å². The Morgan fingerprint density at radius 1 is 0.652 bits per heavy atom. The van der Waals surface area contributed by atoms with Gasteiger partial charge in [-0.3, -0.25) is 24.4 Å². The molecule has 1 unspecified atom stereocenters. The zero-order chi connectivity index (χ0) is 64.8. The molecule has 0 aliphatic carbocycles. The van der Waals surface area contributed by atoms with Gasteiger partial charge in [0.05, 0.1) is 95.1 Å². The Labute approximate surface area is 529 Å². The number of ether oxygens (including phenoxy) is 6. The highest BCUT2D eigenvalue weighted by molar-refractivity contribution is 7.82. The van der Waals surface area contributed by atoms with Crippen molar-refractivity contribution >= 4 is 51.9 Å². The second-order valence-corrected chi connectivity index (χ2v) is 25.2. The molecule has 5 aliphatic rings. The Hall–Kier alpha value is -9.28. The van der Waals surface area contributed by atoms with Gasteiger partial charge < -0.3 is 85.6 Å². The standard InChI is InChI=1S/C66H68N6O19S/c1-36(2)69-63(77)41-9-12-51(88-66-62(76)61(75)60(74)59(33-73)89-66)58(20-41)91-92(80,81)90-46-10-7-37(8-11-46)31-72(3,4)32-38-17-39(34-86-56-25-49-47(23-54(56)82-5)64(78)70-29-42-13-15-84-52(42)21-44(70)27-67-49)19-40(18-38)35-87-57-26-50-48(24-55(57)83-6)65(79)71-30-43-14-16-85-53(43)22-45(71)28-68-50/h7-20,23-28,36,44-45,59-62,66,73-76H,21-22,29-35H2,1-6H3/p+1/t44-,45-,59+,60-,61-,62+,66?/m0/s1. The second kappa shape index (κ2) is 25.8. The zero-order valence-electron chi connectivity index (χ0n) is 51.1. The Bertz CT molecular complexity index is 3970. The summed E-state index contributed by atoms with van der Waals surface area (Å²) < 4.78 is 85.9. The molecule has 3 amide bonds. The number of rotatable bonds is 21. The number of quaternary nitrogens is 1. The number of benzene rings is 5. The number of aliphatic hydroxyl groups excluding tert-OH is 4. The van der Waals surface area contributed by atoms with E-state index in [1.165, 1.54) is 38.5 Å². The molecule has 2 aromatic heterocycles. The van der Waals surface area contributed by atoms with Gasteiger partial charge in [0.25, 0.3) is 17.7 Å². The van der Waals surface area contributed by atoms with Crippen molar-refractivity contribution in [3.05, 3.63) is 171 Å². The summed E-state index contributed by atoms with van der Waals surface area (Å²) in [6.07, 6.45) is -0.625. The fourth-order valence-corrected chi connectivity index (χ4v) is 12.7. The van der Waals surface area contributed by atoms with Crippen molar-refractivity contribution in [2.45, 2.75) is 115 Å². The minimum Gasteiger partial charge on any atom is -0.493 e. The van der Waals surface area contributed by atoms with Gasteiger partial charge in [-0.15, -0.1) is 8.42 Å². The van der Waals surface area contributed by atoms with Gasteiger partial charge in [-0.1, -0.05) is 0 Å². The molecule has 92 heavy (non-hydrogen) atoms. The molecule has 0 spiro atoms. The molecule has 482 valence electrons. The van der Waals surface area contributed by atoms with E-state index in [1.807, 2.05) is 44.4 Å². The van der Waals surface area contributed by atoms with E-state index in [-0.39, 0.29) is 60.2 Å². The summed E-state index contributed by atoms with van der Waals surface area (Å²) in [4.78, 5) is 54.4. The molecule has 25 nitrogen and oxygen atoms in total. The van der Waals surface area contributed by atoms with Crippen molar-refractivity contribution in [3.63, 3.8) is 0 Å². The summed E-state index contributed by atoms with van der Waals surface area (Å²) in [5.41, 5.74) is 6.74. The van der Waals surface area contributed by atoms with Gasteiger partial charge >= 0.3 is 10.4 Å². The lowest BCUT2D eigenvalue weighted by atomic mass is 9.99. The predicted molar refractivity (Wildman–Crippen MR) is 329 cm³/mol. The highest BCUT2D eigenvalue weighted by atomic mass is 32.3. The van der Waals surface area contributed by atoms with Gasteiger partial charge in [0, 0.05) is 71.3 Å². The van der Waals surface area contributed by atoms with E-state index in [1.54, 1.807) is 85.0 Å². The van der Waals surface area contributed by atoms with Crippen molar-refractivity contribution < 1.29 is 93.3 Å². The Morgan fingerprint density at radius 2 is 1.20 bits per heavy atom. The van der Waals surface area contributed by atoms with Crippen LogP contribution < -0.4 is 37.4 Å². The van der Waals surface area contributed by atoms with Crippen LogP contribution in [0.15, 0.2) is 128 Å². The van der Waals surface area contributed by atoms with Gasteiger partial charge in [-0.2, -0.15) is 0 Å². The summed E-state index contributed by atoms with van der Waals surface area (Å²) in [6.45, 7) is 4.51. The molecule has 0 saturated carbocycles. The largest absolute Gasteiger partial charge is 0.501 e. The van der Waals surface area contributed by atoms with Crippen LogP contribution in [0.25, 0.3) is 0 Å². The summed E-state index contributed by atoms with van der Waals surface area (Å²) in [6, 6.07) is 25.5. The number of carbonyl (C=O) groups excluding carboxylic acids is 3. The molecule has 12 rings (SSSR count). The highest BCUT2D eigenvalue weighted by Gasteiger charge is 2.45. The topological polar surface area (TPSA) is 310 Å². The molecular formula is C66H69N6O19S+. The molecule has 5 aliphatic heterocycles. The van der Waals surface area contributed by atoms with Gasteiger partial charge in [-0.05, 0) is 110 Å². The number of aliphatic imine (C=N–C) groups is 2. The molecule has 5 aromatic carbocycles. The minimum atomic E-state index is -4.98. The van der Waals surface area contributed by atoms with Crippen LogP contribution in [0.1, 0.15) is 89.8 Å². The normalized spacial score (nSPS) is 20.8. The fraction of sp³-hybridized carbons (Fsp3) is 0.348. The number of fused-ring (bicyclic) bond motifs is 6. The molecule has 5 N–H and O–H groups in total. The van der Waals surface area contributed by atoms with Crippen LogP contribution in [0.3, 0.4) is 0 Å². The molecule has 7 heterocycles. The maximum Gasteiger partial charge on any atom is 0.501 e. The Kier molecular flexibility index (Phi) is 17.6. The van der Waals surface area contributed by atoms with Gasteiger partial charge in [0.15, 0.2) is 34.5 Å². The van der Waals surface area contributed by atoms with E-state index in [0.717, 1.165) is 51.0 Å². The zero-order valence-corrected chi connectivity index (χ0v) is 51.9. The molecule has 0 radical (unpaired) electrons. The van der Waals surface area contributed by atoms with Crippen LogP contribution in [-0.4, -0.2) is 157 Å². The lowest BCUT2D eigenvalue weighted by Crippen LogP contribution is -2.60. The molecule has 0 bridgehead atoms. The van der Waals surface area contributed by atoms with Gasteiger partial charge in [0.2, 0.25) is 6.29 Å². The van der Waals surface area contributed by atoms with E-state index < -0.39 is 59.4 Å². The fourth-order valence-electron chi connectivity index (χ4n) is 11.9. The summed E-state index contributed by atoms with van der Waals surface area (Å²) in [7, 11) is 2.10. The molecule has 26 heteroatoms. The van der Waals surface area contributed by atoms with E-state index in [2.05, 4.69) is 5.32 Å². The first kappa shape index (κ1) is 62.9. The van der Waals surface area contributed by atoms with E-state index >= 15 is 0 Å². The number of aliphatic hydroxyl groups is 4. The van der Waals surface area contributed by atoms with Crippen LogP contribution in [0.5, 0.6) is 40.2 Å². The molecular weight excluding hydrogens is 1210 g/mol. The number of carbonyl (C=O) groups is 3. The number of nitrogens with zero attached hydrogens (tertiary/aromatic N) is 5. The number of hydrogen-bond donors (Lipinski definition) is 5. The third-order valence-electron chi connectivity index (χ3n) is 16.4. The SMILES string of the molecule is COc1cc2c(cc1OCc1cc(COc3cc4c(cc3OC)C(=O)N3Cc5ccoc5C[C@H]3C=N4)cc(C[N+](C)(C)Cc3ccc(OS(=O)(=O)Oc4cc(C(=O)NC(C)C)ccc4OC4O[C@H](CO)[C@H](O)[C@H](O)[C@H]4O)cc3)c1)N=C[C@@H]1Cc3occc3CN1C2=O. The third kappa shape index (κ3) is 13.4. The van der Waals surface area contributed by atoms with Crippen LogP contribution in [-0.2, 0) is 67.4 Å². The van der Waals surface area contributed by atoms with Gasteiger partial charge in [0.1, 0.15) is 68.0 Å². The third-order valence-corrected chi connectivity index (χ3v) is 17.2. The van der Waals surface area contributed by atoms with E-state index in [0.29, 0.717) is 89.0 Å². The lowest BCUT2D eigenvalue weighted by Gasteiger charge is -2.39. The average Bonchev–Trinajstić information content (AvgIpc) is 1.60. The average molecular weight is 1280 g/mol. The first-order valence-corrected chi connectivity index (χ1v) is 31.0. The number of methoxy groups -OCH3 is 2. The molecule has 1 saturated heterocycles. The molecule has 7 atom stereocenters. The lowest BCUT2D eigenvalue weighted by molar-refractivity contribution is -0.916. The first-order valence-electron chi connectivity index (χ1n) is 29.7. The number of amides is 3. The van der Waals surface area contributed by atoms with Crippen LogP contribution >= 0.6 is 0 Å². The van der Waals surface area contributed by atoms with Crippen molar-refractivity contribution in [1.82, 2.24) is 15.1 Å². The maximum atomic E-state index is 14.1. The number of hydrogen-bond acceptors (Lipinski definition) is 21. The van der Waals surface area contributed by atoms with Crippen LogP contribution in [0, 0.1) is 0 Å². The summed E-state index contributed by atoms with van der Waals surface area (Å²) in [5, 5.41) is 43.8. The van der Waals surface area contributed by atoms with E-state index in [4.69, 9.17) is 55.6 Å². The van der Waals surface area contributed by atoms with E-state index in [9.17, 15) is 43.2 Å². The second-order valence-electron chi connectivity index (χ2n) is 24.1. The monoisotopic (exact) mass is 1280 g/mol. The highest BCUT2D eigenvalue weighted by Crippen LogP contribution is 2.42. The number of nitrogens with one attached hydrogen (secondary N) is 1. The van der Waals surface area contributed by atoms with Crippen LogP contribution in [0.2, 0.25) is 0 Å². The Morgan fingerprint density at radius 3 is 1.73 bits per heavy atom. The summed E-state index contributed by atoms with van der Waals surface area (Å²) >= 11 is 0. The van der Waals surface area contributed by atoms with Gasteiger partial charge in [-0.25, -0.2) is 0 Å². The van der Waals surface area contributed by atoms with Crippen molar-refractivity contribution in [1.29, 1.82) is 0 Å². The quantitative estimate of drug-likeness (QED) is 0.0485. The molecule has 7 aromatic rings. The minimum absolute atomic E-state index is 0.0231. The summed E-state index contributed by atoms with van der Waals surface area (Å²) in [5.74, 6) is 1.09. The van der Waals surface area contributed by atoms with Crippen molar-refractivity contribution in [3.8, 4) is 40.2 Å². The smallest absolute Gasteiger partial charge is 0.493 e. The Balaban J connectivity index is 0.776. The number of furan rings is 2. The molecule has 1 fully saturated rings. The van der Waals surface area contributed by atoms with Crippen LogP contribution in [0.4, 0.5) is 11.4 Å². The van der Waals surface area contributed by atoms with Crippen molar-refractivity contribution in [2.24, 2.45) is 9.98 Å². The first-order chi connectivity index (χ1) is 44.1. The maximum absolute atomic E-state index is 14.1.